The van der Waals surface area contributed by atoms with E-state index in [0.29, 0.717) is 11.4 Å². The summed E-state index contributed by atoms with van der Waals surface area (Å²) in [7, 11) is -3.37. The fraction of sp³-hybridized carbons (Fsp3) is 0.625. The number of hydrogen-bond donors (Lipinski definition) is 1. The second-order valence-electron chi connectivity index (χ2n) is 6.05. The van der Waals surface area contributed by atoms with E-state index in [1.54, 1.807) is 10.4 Å². The molecule has 1 aliphatic heterocycles. The number of nitrogens with one attached hydrogen (secondary N) is 1. The molecule has 1 aromatic carbocycles. The highest BCUT2D eigenvalue weighted by atomic mass is 35.5. The van der Waals surface area contributed by atoms with Gasteiger partial charge in [-0.05, 0) is 61.9 Å². The Morgan fingerprint density at radius 2 is 2.05 bits per heavy atom. The van der Waals surface area contributed by atoms with Crippen LogP contribution in [0.15, 0.2) is 23.1 Å². The summed E-state index contributed by atoms with van der Waals surface area (Å²) >= 11 is 0. The van der Waals surface area contributed by atoms with Gasteiger partial charge in [-0.2, -0.15) is 4.31 Å². The molecule has 3 rings (SSSR count). The first kappa shape index (κ1) is 17.7. The van der Waals surface area contributed by atoms with Gasteiger partial charge >= 0.3 is 0 Å². The van der Waals surface area contributed by atoms with Crippen LogP contribution in [0.4, 0.5) is 0 Å². The van der Waals surface area contributed by atoms with Crippen LogP contribution in [0.1, 0.15) is 37.3 Å². The third kappa shape index (κ3) is 3.32. The van der Waals surface area contributed by atoms with Gasteiger partial charge < -0.3 is 5.32 Å². The molecular weight excluding hydrogens is 320 g/mol. The summed E-state index contributed by atoms with van der Waals surface area (Å²) in [5, 5.41) is 3.27. The number of sulfonamides is 1. The number of hydrogen-bond acceptors (Lipinski definition) is 3. The minimum absolute atomic E-state index is 0. The largest absolute Gasteiger partial charge is 0.315 e. The van der Waals surface area contributed by atoms with Gasteiger partial charge in [0.2, 0.25) is 10.0 Å². The molecule has 1 saturated heterocycles. The molecule has 0 aromatic heterocycles. The topological polar surface area (TPSA) is 49.4 Å². The zero-order chi connectivity index (χ0) is 14.9. The first-order valence-corrected chi connectivity index (χ1v) is 9.41. The van der Waals surface area contributed by atoms with Gasteiger partial charge in [-0.25, -0.2) is 8.42 Å². The number of nitrogens with zero attached hydrogens (tertiary/aromatic N) is 1. The average Bonchev–Trinajstić information content (AvgIpc) is 3.14. The van der Waals surface area contributed by atoms with Crippen molar-refractivity contribution < 1.29 is 8.42 Å². The molecule has 0 amide bonds. The zero-order valence-corrected chi connectivity index (χ0v) is 14.7. The Bertz CT molecular complexity index is 613. The van der Waals surface area contributed by atoms with Gasteiger partial charge in [0, 0.05) is 19.1 Å². The van der Waals surface area contributed by atoms with E-state index >= 15 is 0 Å². The van der Waals surface area contributed by atoms with E-state index in [1.165, 1.54) is 11.1 Å². The fourth-order valence-corrected chi connectivity index (χ4v) is 5.25. The molecule has 0 spiro atoms. The van der Waals surface area contributed by atoms with E-state index in [1.807, 2.05) is 19.1 Å². The second-order valence-corrected chi connectivity index (χ2v) is 7.94. The molecule has 6 heteroatoms. The lowest BCUT2D eigenvalue weighted by Gasteiger charge is -2.27. The summed E-state index contributed by atoms with van der Waals surface area (Å²) in [4.78, 5) is 0.475. The van der Waals surface area contributed by atoms with Crippen LogP contribution in [0.5, 0.6) is 0 Å². The molecule has 0 bridgehead atoms. The van der Waals surface area contributed by atoms with Crippen molar-refractivity contribution in [2.45, 2.75) is 50.0 Å². The number of aryl methyl sites for hydroxylation is 2. The van der Waals surface area contributed by atoms with Crippen molar-refractivity contribution in [3.05, 3.63) is 29.3 Å². The number of rotatable bonds is 5. The Hall–Kier alpha value is -0.620. The van der Waals surface area contributed by atoms with E-state index in [0.717, 1.165) is 45.2 Å². The smallest absolute Gasteiger partial charge is 0.243 e. The lowest BCUT2D eigenvalue weighted by Crippen LogP contribution is -2.42. The third-order valence-corrected chi connectivity index (χ3v) is 6.51. The molecule has 1 N–H and O–H groups in total. The summed E-state index contributed by atoms with van der Waals surface area (Å²) in [6.07, 6.45) is 4.99. The molecule has 1 aliphatic carbocycles. The van der Waals surface area contributed by atoms with Crippen molar-refractivity contribution in [1.29, 1.82) is 0 Å². The van der Waals surface area contributed by atoms with Gasteiger partial charge in [0.05, 0.1) is 4.90 Å². The van der Waals surface area contributed by atoms with Crippen LogP contribution in [0.3, 0.4) is 0 Å². The predicted molar refractivity (Wildman–Crippen MR) is 91.2 cm³/mol. The van der Waals surface area contributed by atoms with Gasteiger partial charge in [-0.1, -0.05) is 13.0 Å². The van der Waals surface area contributed by atoms with E-state index in [9.17, 15) is 8.42 Å². The highest BCUT2D eigenvalue weighted by Gasteiger charge is 2.33. The molecule has 0 saturated carbocycles. The van der Waals surface area contributed by atoms with E-state index < -0.39 is 10.0 Å². The fourth-order valence-electron chi connectivity index (χ4n) is 3.45. The van der Waals surface area contributed by atoms with Crippen LogP contribution in [0.2, 0.25) is 0 Å². The summed E-state index contributed by atoms with van der Waals surface area (Å²) in [6.45, 7) is 4.31. The minimum Gasteiger partial charge on any atom is -0.315 e. The predicted octanol–water partition coefficient (Wildman–Crippen LogP) is 2.36. The molecule has 0 radical (unpaired) electrons. The number of fused-ring (bicyclic) bond motifs is 1. The lowest BCUT2D eigenvalue weighted by atomic mass is 10.1. The lowest BCUT2D eigenvalue weighted by molar-refractivity contribution is 0.335. The van der Waals surface area contributed by atoms with Gasteiger partial charge in [0.15, 0.2) is 0 Å². The Morgan fingerprint density at radius 3 is 2.73 bits per heavy atom. The molecule has 1 atom stereocenters. The van der Waals surface area contributed by atoms with Crippen molar-refractivity contribution in [3.63, 3.8) is 0 Å². The summed E-state index contributed by atoms with van der Waals surface area (Å²) in [5.74, 6) is 0. The van der Waals surface area contributed by atoms with Crippen molar-refractivity contribution >= 4 is 22.4 Å². The number of benzene rings is 1. The maximum absolute atomic E-state index is 13.0. The van der Waals surface area contributed by atoms with Crippen LogP contribution in [0.25, 0.3) is 0 Å². The Morgan fingerprint density at radius 1 is 1.27 bits per heavy atom. The normalized spacial score (nSPS) is 20.9. The van der Waals surface area contributed by atoms with Crippen molar-refractivity contribution in [1.82, 2.24) is 9.62 Å². The molecule has 22 heavy (non-hydrogen) atoms. The first-order valence-electron chi connectivity index (χ1n) is 7.97. The van der Waals surface area contributed by atoms with Gasteiger partial charge in [-0.15, -0.1) is 12.4 Å². The Labute approximate surface area is 139 Å². The van der Waals surface area contributed by atoms with Crippen LogP contribution in [-0.4, -0.2) is 38.4 Å². The average molecular weight is 345 g/mol. The van der Waals surface area contributed by atoms with Gasteiger partial charge in [0.1, 0.15) is 0 Å². The molecular formula is C16H25ClN2O2S. The molecule has 124 valence electrons. The van der Waals surface area contributed by atoms with E-state index in [4.69, 9.17) is 0 Å². The van der Waals surface area contributed by atoms with Crippen LogP contribution < -0.4 is 5.32 Å². The highest BCUT2D eigenvalue weighted by molar-refractivity contribution is 7.89. The second kappa shape index (κ2) is 7.30. The minimum atomic E-state index is -3.37. The molecule has 2 aliphatic rings. The van der Waals surface area contributed by atoms with Crippen molar-refractivity contribution in [2.75, 3.05) is 19.6 Å². The molecule has 1 aromatic rings. The molecule has 1 heterocycles. The SMILES string of the molecule is CCCN(C1CCNC1)S(=O)(=O)c1ccc2c(c1)CCC2.Cl. The summed E-state index contributed by atoms with van der Waals surface area (Å²) in [5.41, 5.74) is 2.54. The Balaban J connectivity index is 0.00000176. The zero-order valence-electron chi connectivity index (χ0n) is 13.0. The molecule has 4 nitrogen and oxygen atoms in total. The number of halogens is 1. The van der Waals surface area contributed by atoms with Gasteiger partial charge in [-0.3, -0.25) is 0 Å². The first-order chi connectivity index (χ1) is 10.1. The summed E-state index contributed by atoms with van der Waals surface area (Å²) < 4.78 is 27.7. The maximum atomic E-state index is 13.0. The third-order valence-electron chi connectivity index (χ3n) is 4.56. The quantitative estimate of drug-likeness (QED) is 0.892. The highest BCUT2D eigenvalue weighted by Crippen LogP contribution is 2.27. The van der Waals surface area contributed by atoms with Crippen LogP contribution in [-0.2, 0) is 22.9 Å². The van der Waals surface area contributed by atoms with Crippen molar-refractivity contribution in [2.24, 2.45) is 0 Å². The monoisotopic (exact) mass is 344 g/mol. The molecule has 1 fully saturated rings. The van der Waals surface area contributed by atoms with E-state index in [-0.39, 0.29) is 18.4 Å². The standard InChI is InChI=1S/C16H24N2O2S.ClH/c1-2-10-18(15-8-9-17-12-15)21(19,20)16-7-6-13-4-3-5-14(13)11-16;/h6-7,11,15,17H,2-5,8-10,12H2,1H3;1H. The maximum Gasteiger partial charge on any atom is 0.243 e. The van der Waals surface area contributed by atoms with E-state index in [2.05, 4.69) is 5.32 Å². The van der Waals surface area contributed by atoms with Crippen LogP contribution >= 0.6 is 12.4 Å². The molecule has 1 unspecified atom stereocenters. The Kier molecular flexibility index (Phi) is 5.88. The summed E-state index contributed by atoms with van der Waals surface area (Å²) in [6, 6.07) is 5.81. The van der Waals surface area contributed by atoms with Gasteiger partial charge in [0.25, 0.3) is 0 Å². The van der Waals surface area contributed by atoms with Crippen molar-refractivity contribution in [3.8, 4) is 0 Å². The van der Waals surface area contributed by atoms with Crippen LogP contribution in [0, 0.1) is 0 Å².